The largest absolute Gasteiger partial charge is 0.493 e. The number of aryl methyl sites for hydroxylation is 2. The molecule has 4 rings (SSSR count). The normalized spacial score (nSPS) is 11.4. The number of hydrogen-bond donors (Lipinski definition) is 2. The molecule has 0 fully saturated rings. The number of nitrogens with zero attached hydrogens (tertiary/aromatic N) is 3. The first-order valence-corrected chi connectivity index (χ1v) is 13.7. The molecule has 0 amide bonds. The first-order valence-electron chi connectivity index (χ1n) is 12.2. The molecule has 0 aliphatic rings. The predicted molar refractivity (Wildman–Crippen MR) is 144 cm³/mol. The number of sulfonamides is 1. The van der Waals surface area contributed by atoms with Crippen LogP contribution in [0.25, 0.3) is 16.9 Å². The van der Waals surface area contributed by atoms with Crippen LogP contribution in [0.4, 0.5) is 5.69 Å². The van der Waals surface area contributed by atoms with Crippen LogP contribution >= 0.6 is 0 Å². The van der Waals surface area contributed by atoms with Crippen molar-refractivity contribution in [3.63, 3.8) is 0 Å². The van der Waals surface area contributed by atoms with Crippen molar-refractivity contribution in [3.8, 4) is 28.6 Å². The highest BCUT2D eigenvalue weighted by Gasteiger charge is 2.21. The average Bonchev–Trinajstić information content (AvgIpc) is 3.23. The quantitative estimate of drug-likeness (QED) is 0.251. The Morgan fingerprint density at radius 1 is 1.08 bits per heavy atom. The van der Waals surface area contributed by atoms with E-state index in [4.69, 9.17) is 14.2 Å². The number of nitrogens with one attached hydrogen (secondary N) is 2. The summed E-state index contributed by atoms with van der Waals surface area (Å²) in [5.41, 5.74) is 0.968. The first-order chi connectivity index (χ1) is 18.7. The number of aromatic amines is 1. The number of ether oxygens (including phenoxy) is 3. The molecule has 0 bridgehead atoms. The third-order valence-corrected chi connectivity index (χ3v) is 7.13. The van der Waals surface area contributed by atoms with Gasteiger partial charge in [0.25, 0.3) is 15.6 Å². The lowest BCUT2D eigenvalue weighted by molar-refractivity contribution is -0.109. The minimum atomic E-state index is -4.11. The average molecular weight is 556 g/mol. The fourth-order valence-corrected chi connectivity index (χ4v) is 5.15. The van der Waals surface area contributed by atoms with Crippen molar-refractivity contribution in [2.45, 2.75) is 38.5 Å². The maximum Gasteiger partial charge on any atom is 0.277 e. The number of imidazole rings is 1. The molecule has 12 nitrogen and oxygen atoms in total. The molecule has 0 aliphatic carbocycles. The number of rotatable bonds is 12. The van der Waals surface area contributed by atoms with Crippen molar-refractivity contribution in [1.82, 2.24) is 19.6 Å². The van der Waals surface area contributed by atoms with Crippen molar-refractivity contribution >= 4 is 27.5 Å². The van der Waals surface area contributed by atoms with E-state index < -0.39 is 15.6 Å². The van der Waals surface area contributed by atoms with Gasteiger partial charge in [0.15, 0.2) is 29.1 Å². The van der Waals surface area contributed by atoms with Gasteiger partial charge in [-0.05, 0) is 50.6 Å². The van der Waals surface area contributed by atoms with Crippen molar-refractivity contribution < 1.29 is 27.4 Å². The van der Waals surface area contributed by atoms with E-state index in [9.17, 15) is 18.0 Å². The molecule has 0 unspecified atom stereocenters. The highest BCUT2D eigenvalue weighted by Crippen LogP contribution is 2.33. The number of aldehydes is 1. The Kier molecular flexibility index (Phi) is 8.19. The van der Waals surface area contributed by atoms with E-state index in [1.54, 1.807) is 13.8 Å². The van der Waals surface area contributed by atoms with Gasteiger partial charge in [0, 0.05) is 12.5 Å². The number of aromatic nitrogens is 4. The second-order valence-electron chi connectivity index (χ2n) is 8.47. The van der Waals surface area contributed by atoms with Gasteiger partial charge in [-0.1, -0.05) is 6.92 Å². The Labute approximate surface area is 225 Å². The van der Waals surface area contributed by atoms with Gasteiger partial charge >= 0.3 is 0 Å². The molecule has 0 saturated carbocycles. The van der Waals surface area contributed by atoms with Gasteiger partial charge in [0.1, 0.15) is 18.2 Å². The molecule has 4 aromatic rings. The number of fused-ring (bicyclic) bond motifs is 1. The topological polar surface area (TPSA) is 154 Å². The first kappa shape index (κ1) is 27.6. The van der Waals surface area contributed by atoms with E-state index in [0.717, 1.165) is 6.42 Å². The Morgan fingerprint density at radius 3 is 2.54 bits per heavy atom. The number of benzene rings is 2. The van der Waals surface area contributed by atoms with Gasteiger partial charge in [0.2, 0.25) is 0 Å². The lowest BCUT2D eigenvalue weighted by atomic mass is 10.2. The monoisotopic (exact) mass is 555 g/mol. The van der Waals surface area contributed by atoms with Crippen LogP contribution in [0.5, 0.6) is 17.2 Å². The summed E-state index contributed by atoms with van der Waals surface area (Å²) >= 11 is 0. The molecule has 0 spiro atoms. The third kappa shape index (κ3) is 5.72. The van der Waals surface area contributed by atoms with Crippen LogP contribution < -0.4 is 24.5 Å². The van der Waals surface area contributed by atoms with Crippen LogP contribution in [-0.4, -0.2) is 54.6 Å². The maximum atomic E-state index is 13.4. The van der Waals surface area contributed by atoms with Crippen molar-refractivity contribution in [3.05, 3.63) is 58.3 Å². The molecule has 0 radical (unpaired) electrons. The van der Waals surface area contributed by atoms with Gasteiger partial charge in [-0.3, -0.25) is 14.3 Å². The zero-order chi connectivity index (χ0) is 28.2. The Bertz CT molecular complexity index is 1680. The number of H-pyrrole nitrogens is 1. The van der Waals surface area contributed by atoms with E-state index in [0.29, 0.717) is 47.8 Å². The minimum Gasteiger partial charge on any atom is -0.493 e. The summed E-state index contributed by atoms with van der Waals surface area (Å²) in [6.45, 7) is 5.62. The molecular formula is C26H29N5O7S. The van der Waals surface area contributed by atoms with Crippen LogP contribution in [0.1, 0.15) is 31.8 Å². The van der Waals surface area contributed by atoms with Crippen LogP contribution in [-0.2, 0) is 21.2 Å². The standard InChI is InChI=1S/C26H29N5O7S/c1-5-7-23-27-16(3)24-26(33)28-25(29-31(23)24)19-15-18(9-11-20(19)37-6-2)39(34,35)30-17-8-10-21(36-4)22(14-17)38-13-12-32/h8-12,14-15,30H,5-7,13H2,1-4H3,(H,28,29,33). The predicted octanol–water partition coefficient (Wildman–Crippen LogP) is 3.13. The third-order valence-electron chi connectivity index (χ3n) is 5.76. The number of hydrogen-bond acceptors (Lipinski definition) is 9. The second kappa shape index (κ2) is 11.6. The van der Waals surface area contributed by atoms with Gasteiger partial charge in [-0.2, -0.15) is 0 Å². The van der Waals surface area contributed by atoms with Crippen LogP contribution in [0.3, 0.4) is 0 Å². The van der Waals surface area contributed by atoms with Crippen molar-refractivity contribution in [2.75, 3.05) is 25.0 Å². The Balaban J connectivity index is 1.78. The summed E-state index contributed by atoms with van der Waals surface area (Å²) in [6, 6.07) is 8.73. The fraction of sp³-hybridized carbons (Fsp3) is 0.308. The van der Waals surface area contributed by atoms with Crippen molar-refractivity contribution in [1.29, 1.82) is 0 Å². The summed E-state index contributed by atoms with van der Waals surface area (Å²) in [6.07, 6.45) is 1.99. The van der Waals surface area contributed by atoms with Gasteiger partial charge in [-0.15, -0.1) is 5.10 Å². The zero-order valence-corrected chi connectivity index (χ0v) is 22.8. The molecule has 2 aromatic heterocycles. The van der Waals surface area contributed by atoms with Crippen LogP contribution in [0, 0.1) is 6.92 Å². The summed E-state index contributed by atoms with van der Waals surface area (Å²) in [4.78, 5) is 30.9. The van der Waals surface area contributed by atoms with Crippen LogP contribution in [0.2, 0.25) is 0 Å². The number of carbonyl (C=O) groups excluding carboxylic acids is 1. The molecule has 2 aromatic carbocycles. The number of carbonyl (C=O) groups is 1. The lowest BCUT2D eigenvalue weighted by Crippen LogP contribution is -2.17. The van der Waals surface area contributed by atoms with Gasteiger partial charge in [-0.25, -0.2) is 17.9 Å². The maximum absolute atomic E-state index is 13.4. The van der Waals surface area contributed by atoms with Crippen molar-refractivity contribution in [2.24, 2.45) is 0 Å². The summed E-state index contributed by atoms with van der Waals surface area (Å²) in [7, 11) is -2.68. The minimum absolute atomic E-state index is 0.0922. The highest BCUT2D eigenvalue weighted by molar-refractivity contribution is 7.92. The van der Waals surface area contributed by atoms with Crippen LogP contribution in [0.15, 0.2) is 46.1 Å². The Hall–Kier alpha value is -4.39. The summed E-state index contributed by atoms with van der Waals surface area (Å²) in [5.74, 6) is 1.66. The SMILES string of the molecule is CCCc1nc(C)c2c(=O)[nH]c(-c3cc(S(=O)(=O)Nc4ccc(OC)c(OCC=O)c4)ccc3OCC)nn12. The second-order valence-corrected chi connectivity index (χ2v) is 10.1. The van der Waals surface area contributed by atoms with E-state index in [1.807, 2.05) is 6.92 Å². The number of methoxy groups -OCH3 is 1. The van der Waals surface area contributed by atoms with Gasteiger partial charge < -0.3 is 19.2 Å². The molecule has 13 heteroatoms. The zero-order valence-electron chi connectivity index (χ0n) is 22.0. The number of anilines is 1. The molecule has 2 heterocycles. The lowest BCUT2D eigenvalue weighted by Gasteiger charge is -2.15. The molecule has 39 heavy (non-hydrogen) atoms. The summed E-state index contributed by atoms with van der Waals surface area (Å²) in [5, 5.41) is 4.60. The van der Waals surface area contributed by atoms with E-state index in [2.05, 4.69) is 19.8 Å². The van der Waals surface area contributed by atoms with E-state index in [-0.39, 0.29) is 34.3 Å². The molecule has 2 N–H and O–H groups in total. The van der Waals surface area contributed by atoms with Gasteiger partial charge in [0.05, 0.1) is 35.6 Å². The smallest absolute Gasteiger partial charge is 0.277 e. The molecule has 0 atom stereocenters. The molecular weight excluding hydrogens is 526 g/mol. The highest BCUT2D eigenvalue weighted by atomic mass is 32.2. The molecule has 206 valence electrons. The molecule has 0 aliphatic heterocycles. The molecule has 0 saturated heterocycles. The van der Waals surface area contributed by atoms with E-state index >= 15 is 0 Å². The Morgan fingerprint density at radius 2 is 1.85 bits per heavy atom. The van der Waals surface area contributed by atoms with E-state index in [1.165, 1.54) is 48.0 Å². The summed E-state index contributed by atoms with van der Waals surface area (Å²) < 4.78 is 47.0. The fourth-order valence-electron chi connectivity index (χ4n) is 4.08.